The highest BCUT2D eigenvalue weighted by Gasteiger charge is 2.42. The maximum absolute atomic E-state index is 13.7. The van der Waals surface area contributed by atoms with Crippen molar-refractivity contribution in [2.24, 2.45) is 5.92 Å². The fourth-order valence-corrected chi connectivity index (χ4v) is 6.24. The Balaban J connectivity index is 1.53. The molecule has 2 amide bonds. The number of cyclic esters (lactones) is 1. The molecule has 182 valence electrons. The lowest BCUT2D eigenvalue weighted by molar-refractivity contribution is -0.132. The number of ether oxygens (including phenoxy) is 1. The van der Waals surface area contributed by atoms with Crippen molar-refractivity contribution in [2.75, 3.05) is 18.9 Å². The van der Waals surface area contributed by atoms with Crippen LogP contribution in [-0.4, -0.2) is 46.8 Å². The van der Waals surface area contributed by atoms with E-state index in [1.165, 1.54) is 0 Å². The monoisotopic (exact) mass is 491 g/mol. The summed E-state index contributed by atoms with van der Waals surface area (Å²) >= 11 is 0. The maximum Gasteiger partial charge on any atom is 0.416 e. The Labute approximate surface area is 206 Å². The summed E-state index contributed by atoms with van der Waals surface area (Å²) < 4.78 is 18.5. The van der Waals surface area contributed by atoms with Crippen molar-refractivity contribution in [1.82, 2.24) is 4.90 Å². The number of rotatable bonds is 10. The predicted octanol–water partition coefficient (Wildman–Crippen LogP) is 4.95. The van der Waals surface area contributed by atoms with Crippen molar-refractivity contribution in [1.29, 1.82) is 0 Å². The second-order valence-electron chi connectivity index (χ2n) is 9.00. The van der Waals surface area contributed by atoms with E-state index in [0.29, 0.717) is 12.8 Å². The number of carbonyl (C=O) groups excluding carboxylic acids is 2. The number of benzene rings is 3. The third kappa shape index (κ3) is 6.91. The lowest BCUT2D eigenvalue weighted by Crippen LogP contribution is -2.45. The second-order valence-corrected chi connectivity index (χ2v) is 11.5. The van der Waals surface area contributed by atoms with Gasteiger partial charge in [0.25, 0.3) is 0 Å². The van der Waals surface area contributed by atoms with Crippen LogP contribution in [0.25, 0.3) is 0 Å². The van der Waals surface area contributed by atoms with E-state index >= 15 is 0 Å². The fraction of sp³-hybridized carbons (Fsp3) is 0.286. The summed E-state index contributed by atoms with van der Waals surface area (Å²) in [5.74, 6) is -1.26. The predicted molar refractivity (Wildman–Crippen MR) is 135 cm³/mol. The van der Waals surface area contributed by atoms with Crippen molar-refractivity contribution in [3.05, 3.63) is 108 Å². The molecule has 7 heteroatoms. The van der Waals surface area contributed by atoms with Crippen molar-refractivity contribution >= 4 is 19.4 Å². The SMILES string of the molecule is O=C1OC[C@H](Cc2ccccc2)N1C(=O)[C@@H](Cc1ccccc1)CP(=O)(O)CCc1ccccc1. The van der Waals surface area contributed by atoms with E-state index in [2.05, 4.69) is 0 Å². The Morgan fingerprint density at radius 2 is 1.46 bits per heavy atom. The molecule has 1 N–H and O–H groups in total. The topological polar surface area (TPSA) is 83.9 Å². The Kier molecular flexibility index (Phi) is 8.17. The number of nitrogens with zero attached hydrogens (tertiary/aromatic N) is 1. The van der Waals surface area contributed by atoms with Gasteiger partial charge in [0.15, 0.2) is 0 Å². The molecular formula is C28H30NO5P. The molecule has 35 heavy (non-hydrogen) atoms. The van der Waals surface area contributed by atoms with Crippen LogP contribution in [0.4, 0.5) is 4.79 Å². The molecule has 1 aliphatic rings. The molecule has 0 spiro atoms. The molecule has 0 aromatic heterocycles. The van der Waals surface area contributed by atoms with Gasteiger partial charge in [-0.25, -0.2) is 9.69 Å². The number of aryl methyl sites for hydroxylation is 1. The summed E-state index contributed by atoms with van der Waals surface area (Å²) in [7, 11) is -3.65. The zero-order chi connectivity index (χ0) is 24.7. The first-order chi connectivity index (χ1) is 16.9. The normalized spacial score (nSPS) is 18.0. The minimum absolute atomic E-state index is 0.0769. The highest BCUT2D eigenvalue weighted by Crippen LogP contribution is 2.44. The van der Waals surface area contributed by atoms with Gasteiger partial charge in [0.2, 0.25) is 13.3 Å². The summed E-state index contributed by atoms with van der Waals surface area (Å²) in [5.41, 5.74) is 2.84. The molecule has 0 bridgehead atoms. The molecule has 4 rings (SSSR count). The molecule has 3 atom stereocenters. The van der Waals surface area contributed by atoms with Gasteiger partial charge in [-0.3, -0.25) is 9.36 Å². The van der Waals surface area contributed by atoms with Crippen LogP contribution < -0.4 is 0 Å². The van der Waals surface area contributed by atoms with Crippen LogP contribution in [0.2, 0.25) is 0 Å². The van der Waals surface area contributed by atoms with Gasteiger partial charge < -0.3 is 9.63 Å². The smallest absolute Gasteiger partial charge is 0.416 e. The van der Waals surface area contributed by atoms with Crippen LogP contribution in [0.3, 0.4) is 0 Å². The first kappa shape index (κ1) is 24.9. The lowest BCUT2D eigenvalue weighted by atomic mass is 9.98. The molecule has 0 saturated carbocycles. The van der Waals surface area contributed by atoms with E-state index in [9.17, 15) is 19.0 Å². The third-order valence-electron chi connectivity index (χ3n) is 6.29. The molecular weight excluding hydrogens is 461 g/mol. The van der Waals surface area contributed by atoms with Crippen LogP contribution in [0, 0.1) is 5.92 Å². The number of amides is 2. The van der Waals surface area contributed by atoms with E-state index < -0.39 is 31.3 Å². The highest BCUT2D eigenvalue weighted by atomic mass is 31.2. The van der Waals surface area contributed by atoms with Gasteiger partial charge in [-0.15, -0.1) is 0 Å². The van der Waals surface area contributed by atoms with Gasteiger partial charge in [0.05, 0.1) is 12.0 Å². The van der Waals surface area contributed by atoms with E-state index in [0.717, 1.165) is 21.6 Å². The van der Waals surface area contributed by atoms with Crippen molar-refractivity contribution < 1.29 is 23.8 Å². The average Bonchev–Trinajstić information content (AvgIpc) is 3.23. The van der Waals surface area contributed by atoms with Crippen molar-refractivity contribution in [3.63, 3.8) is 0 Å². The van der Waals surface area contributed by atoms with Crippen LogP contribution in [-0.2, 0) is 33.4 Å². The summed E-state index contributed by atoms with van der Waals surface area (Å²) in [4.78, 5) is 38.3. The Morgan fingerprint density at radius 3 is 2.06 bits per heavy atom. The summed E-state index contributed by atoms with van der Waals surface area (Å²) in [5, 5.41) is 0. The molecule has 1 saturated heterocycles. The standard InChI is InChI=1S/C28H30NO5P/c30-27(29-26(20-34-28(29)31)19-24-14-8-3-9-15-24)25(18-23-12-6-2-7-13-23)21-35(32,33)17-16-22-10-4-1-5-11-22/h1-15,25-26H,16-21H2,(H,32,33)/t25-,26-/m0/s1. The summed E-state index contributed by atoms with van der Waals surface area (Å²) in [6, 6.07) is 28.1. The van der Waals surface area contributed by atoms with Gasteiger partial charge in [-0.05, 0) is 36.0 Å². The number of hydrogen-bond donors (Lipinski definition) is 1. The number of carbonyl (C=O) groups is 2. The molecule has 3 aromatic carbocycles. The molecule has 1 fully saturated rings. The first-order valence-corrected chi connectivity index (χ1v) is 13.9. The first-order valence-electron chi connectivity index (χ1n) is 11.8. The quantitative estimate of drug-likeness (QED) is 0.406. The number of imide groups is 1. The molecule has 1 aliphatic heterocycles. The Hall–Kier alpha value is -3.21. The minimum atomic E-state index is -3.65. The molecule has 1 unspecified atom stereocenters. The van der Waals surface area contributed by atoms with Crippen LogP contribution in [0.1, 0.15) is 16.7 Å². The van der Waals surface area contributed by atoms with Gasteiger partial charge in [0, 0.05) is 12.3 Å². The molecule has 1 heterocycles. The largest absolute Gasteiger partial charge is 0.447 e. The van der Waals surface area contributed by atoms with E-state index in [-0.39, 0.29) is 25.4 Å². The zero-order valence-electron chi connectivity index (χ0n) is 19.5. The molecule has 0 radical (unpaired) electrons. The zero-order valence-corrected chi connectivity index (χ0v) is 20.4. The maximum atomic E-state index is 13.7. The summed E-state index contributed by atoms with van der Waals surface area (Å²) in [6.45, 7) is 0.113. The van der Waals surface area contributed by atoms with Crippen molar-refractivity contribution in [2.45, 2.75) is 25.3 Å². The molecule has 0 aliphatic carbocycles. The second kappa shape index (κ2) is 11.5. The van der Waals surface area contributed by atoms with Gasteiger partial charge in [-0.1, -0.05) is 91.0 Å². The number of hydrogen-bond acceptors (Lipinski definition) is 4. The molecule has 6 nitrogen and oxygen atoms in total. The highest BCUT2D eigenvalue weighted by molar-refractivity contribution is 7.58. The molecule has 3 aromatic rings. The van der Waals surface area contributed by atoms with Gasteiger partial charge in [-0.2, -0.15) is 0 Å². The van der Waals surface area contributed by atoms with Crippen LogP contribution >= 0.6 is 7.37 Å². The minimum Gasteiger partial charge on any atom is -0.447 e. The summed E-state index contributed by atoms with van der Waals surface area (Å²) in [6.07, 6.45) is 0.399. The van der Waals surface area contributed by atoms with Crippen LogP contribution in [0.5, 0.6) is 0 Å². The Bertz CT molecular complexity index is 1170. The van der Waals surface area contributed by atoms with E-state index in [4.69, 9.17) is 4.74 Å². The lowest BCUT2D eigenvalue weighted by Gasteiger charge is -2.26. The van der Waals surface area contributed by atoms with Gasteiger partial charge in [0.1, 0.15) is 6.61 Å². The van der Waals surface area contributed by atoms with Gasteiger partial charge >= 0.3 is 6.09 Å². The Morgan fingerprint density at radius 1 is 0.914 bits per heavy atom. The van der Waals surface area contributed by atoms with E-state index in [1.54, 1.807) is 0 Å². The average molecular weight is 492 g/mol. The third-order valence-corrected chi connectivity index (χ3v) is 8.22. The van der Waals surface area contributed by atoms with Crippen molar-refractivity contribution in [3.8, 4) is 0 Å². The van der Waals surface area contributed by atoms with Crippen LogP contribution in [0.15, 0.2) is 91.0 Å². The fourth-order valence-electron chi connectivity index (χ4n) is 4.48. The van der Waals surface area contributed by atoms with E-state index in [1.807, 2.05) is 91.0 Å².